The zero-order chi connectivity index (χ0) is 27.6. The Morgan fingerprint density at radius 1 is 1.19 bits per heavy atom. The van der Waals surface area contributed by atoms with Crippen LogP contribution in [0.3, 0.4) is 0 Å². The van der Waals surface area contributed by atoms with Crippen LogP contribution in [0.15, 0.2) is 77.6 Å². The first-order valence-corrected chi connectivity index (χ1v) is 12.1. The molecule has 0 saturated heterocycles. The Morgan fingerprint density at radius 2 is 1.92 bits per heavy atom. The third-order valence-corrected chi connectivity index (χ3v) is 5.74. The molecule has 0 saturated carbocycles. The number of urea groups is 1. The summed E-state index contributed by atoms with van der Waals surface area (Å²) in [4.78, 5) is 24.0. The molecule has 3 N–H and O–H groups in total. The molecule has 0 atom stereocenters. The second kappa shape index (κ2) is 13.1. The molecule has 2 aromatic rings. The average Bonchev–Trinajstić information content (AvgIpc) is 3.21. The van der Waals surface area contributed by atoms with Crippen molar-refractivity contribution in [3.05, 3.63) is 88.8 Å². The number of terminal acetylenes is 1. The van der Waals surface area contributed by atoms with Gasteiger partial charge in [-0.15, -0.1) is 12.8 Å². The van der Waals surface area contributed by atoms with Gasteiger partial charge in [-0.2, -0.15) is 5.10 Å². The van der Waals surface area contributed by atoms with Crippen LogP contribution in [0.5, 0.6) is 0 Å². The lowest BCUT2D eigenvalue weighted by atomic mass is 9.92. The molecule has 0 aliphatic heterocycles. The van der Waals surface area contributed by atoms with E-state index in [1.165, 1.54) is 0 Å². The van der Waals surface area contributed by atoms with Crippen molar-refractivity contribution in [2.24, 2.45) is 0 Å². The van der Waals surface area contributed by atoms with Crippen LogP contribution in [0.1, 0.15) is 58.7 Å². The van der Waals surface area contributed by atoms with Crippen molar-refractivity contribution in [2.75, 3.05) is 5.32 Å². The first-order chi connectivity index (χ1) is 17.6. The van der Waals surface area contributed by atoms with Gasteiger partial charge in [0.15, 0.2) is 0 Å². The van der Waals surface area contributed by atoms with E-state index in [4.69, 9.17) is 10.2 Å². The largest absolute Gasteiger partial charge is 0.481 e. The molecule has 1 aromatic carbocycles. The SMILES string of the molecule is C#C.C/C=C\C1=C(C)C(NC(=O)Nc2cc(C(C)(C)C)nn2-c2cccc(CCC(=O)O)c2)=CC=CC1. The summed E-state index contributed by atoms with van der Waals surface area (Å²) in [6, 6.07) is 9.06. The number of aryl methyl sites for hydroxylation is 1. The van der Waals surface area contributed by atoms with Crippen LogP contribution in [0.25, 0.3) is 5.69 Å². The van der Waals surface area contributed by atoms with Crippen LogP contribution in [0, 0.1) is 12.8 Å². The standard InChI is InChI=1S/C28H34N4O3.C2H2/c1-6-10-21-12-7-8-14-23(19(21)2)29-27(35)30-25-18-24(28(3,4)5)31-32(25)22-13-9-11-20(17-22)15-16-26(33)34;1-2/h6-11,13-14,17-18H,12,15-16H2,1-5H3,(H,33,34)(H2,29,30,35);1-2H/b10-6-;. The van der Waals surface area contributed by atoms with Crippen LogP contribution in [-0.4, -0.2) is 26.9 Å². The number of rotatable bonds is 7. The topological polar surface area (TPSA) is 96.3 Å². The first-order valence-electron chi connectivity index (χ1n) is 12.1. The van der Waals surface area contributed by atoms with Crippen LogP contribution in [0.4, 0.5) is 10.6 Å². The first kappa shape index (κ1) is 28.9. The summed E-state index contributed by atoms with van der Waals surface area (Å²) in [5, 5.41) is 19.7. The summed E-state index contributed by atoms with van der Waals surface area (Å²) in [7, 11) is 0. The summed E-state index contributed by atoms with van der Waals surface area (Å²) in [5.41, 5.74) is 5.13. The fourth-order valence-corrected chi connectivity index (χ4v) is 3.74. The van der Waals surface area contributed by atoms with E-state index in [-0.39, 0.29) is 17.9 Å². The van der Waals surface area contributed by atoms with Crippen molar-refractivity contribution in [1.29, 1.82) is 0 Å². The number of aliphatic carboxylic acids is 1. The van der Waals surface area contributed by atoms with Gasteiger partial charge in [-0.05, 0) is 61.6 Å². The minimum Gasteiger partial charge on any atom is -0.481 e. The van der Waals surface area contributed by atoms with E-state index >= 15 is 0 Å². The maximum atomic E-state index is 13.1. The van der Waals surface area contributed by atoms with Crippen LogP contribution in [0.2, 0.25) is 0 Å². The molecule has 0 radical (unpaired) electrons. The number of amides is 2. The molecule has 3 rings (SSSR count). The van der Waals surface area contributed by atoms with Gasteiger partial charge < -0.3 is 10.4 Å². The molecule has 1 aliphatic carbocycles. The van der Waals surface area contributed by atoms with E-state index in [9.17, 15) is 9.59 Å². The molecule has 37 heavy (non-hydrogen) atoms. The van der Waals surface area contributed by atoms with E-state index in [2.05, 4.69) is 56.4 Å². The number of nitrogens with zero attached hydrogens (tertiary/aromatic N) is 2. The summed E-state index contributed by atoms with van der Waals surface area (Å²) in [6.07, 6.45) is 19.2. The van der Waals surface area contributed by atoms with Gasteiger partial charge in [0.05, 0.1) is 11.4 Å². The van der Waals surface area contributed by atoms with Crippen molar-refractivity contribution >= 4 is 17.8 Å². The van der Waals surface area contributed by atoms with Gasteiger partial charge in [-0.25, -0.2) is 9.48 Å². The number of carbonyl (C=O) groups is 2. The molecule has 7 nitrogen and oxygen atoms in total. The Kier molecular flexibility index (Phi) is 10.3. The van der Waals surface area contributed by atoms with E-state index in [0.29, 0.717) is 12.2 Å². The van der Waals surface area contributed by atoms with Gasteiger partial charge in [-0.3, -0.25) is 10.1 Å². The number of nitrogens with one attached hydrogen (secondary N) is 2. The number of aromatic nitrogens is 2. The highest BCUT2D eigenvalue weighted by atomic mass is 16.4. The third-order valence-electron chi connectivity index (χ3n) is 5.74. The zero-order valence-corrected chi connectivity index (χ0v) is 22.2. The summed E-state index contributed by atoms with van der Waals surface area (Å²) in [5.74, 6) is -0.309. The quantitative estimate of drug-likeness (QED) is 0.389. The normalized spacial score (nSPS) is 13.4. The fraction of sp³-hybridized carbons (Fsp3) is 0.300. The molecule has 0 bridgehead atoms. The van der Waals surface area contributed by atoms with Crippen LogP contribution >= 0.6 is 0 Å². The predicted molar refractivity (Wildman–Crippen MR) is 150 cm³/mol. The molecular formula is C30H36N4O3. The van der Waals surface area contributed by atoms with Gasteiger partial charge >= 0.3 is 12.0 Å². The number of anilines is 1. The fourth-order valence-electron chi connectivity index (χ4n) is 3.74. The molecule has 7 heteroatoms. The molecule has 1 aliphatic rings. The highest BCUT2D eigenvalue weighted by molar-refractivity contribution is 5.90. The zero-order valence-electron chi connectivity index (χ0n) is 22.2. The van der Waals surface area contributed by atoms with Gasteiger partial charge in [0.25, 0.3) is 0 Å². The van der Waals surface area contributed by atoms with Gasteiger partial charge in [-0.1, -0.05) is 57.2 Å². The van der Waals surface area contributed by atoms with E-state index < -0.39 is 5.97 Å². The Morgan fingerprint density at radius 3 is 2.57 bits per heavy atom. The highest BCUT2D eigenvalue weighted by Crippen LogP contribution is 2.27. The van der Waals surface area contributed by atoms with Gasteiger partial charge in [0, 0.05) is 23.6 Å². The maximum Gasteiger partial charge on any atom is 0.324 e. The lowest BCUT2D eigenvalue weighted by Gasteiger charge is -2.14. The number of carboxylic acids is 1. The lowest BCUT2D eigenvalue weighted by molar-refractivity contribution is -0.136. The van der Waals surface area contributed by atoms with E-state index in [1.54, 1.807) is 4.68 Å². The summed E-state index contributed by atoms with van der Waals surface area (Å²) >= 11 is 0. The van der Waals surface area contributed by atoms with Crippen molar-refractivity contribution in [2.45, 2.75) is 59.3 Å². The van der Waals surface area contributed by atoms with E-state index in [1.807, 2.05) is 62.4 Å². The number of allylic oxidation sites excluding steroid dienone is 7. The van der Waals surface area contributed by atoms with Gasteiger partial charge in [0.2, 0.25) is 0 Å². The molecular weight excluding hydrogens is 464 g/mol. The van der Waals surface area contributed by atoms with Crippen LogP contribution < -0.4 is 10.6 Å². The number of hydrogen-bond acceptors (Lipinski definition) is 3. The Bertz CT molecular complexity index is 1270. The van der Waals surface area contributed by atoms with Crippen molar-refractivity contribution in [3.63, 3.8) is 0 Å². The second-order valence-corrected chi connectivity index (χ2v) is 9.58. The monoisotopic (exact) mass is 500 g/mol. The maximum absolute atomic E-state index is 13.1. The minimum absolute atomic E-state index is 0.0505. The van der Waals surface area contributed by atoms with Gasteiger partial charge in [0.1, 0.15) is 5.82 Å². The molecule has 0 spiro atoms. The predicted octanol–water partition coefficient (Wildman–Crippen LogP) is 6.29. The number of carbonyl (C=O) groups excluding carboxylic acids is 1. The van der Waals surface area contributed by atoms with E-state index in [0.717, 1.165) is 40.2 Å². The Labute approximate surface area is 219 Å². The second-order valence-electron chi connectivity index (χ2n) is 9.58. The smallest absolute Gasteiger partial charge is 0.324 e. The van der Waals surface area contributed by atoms with Crippen LogP contribution in [-0.2, 0) is 16.6 Å². The minimum atomic E-state index is -0.840. The van der Waals surface area contributed by atoms with Crippen molar-refractivity contribution in [3.8, 4) is 18.5 Å². The number of carboxylic acid groups (broad SMARTS) is 1. The molecule has 1 aromatic heterocycles. The van der Waals surface area contributed by atoms with Crippen molar-refractivity contribution in [1.82, 2.24) is 15.1 Å². The summed E-state index contributed by atoms with van der Waals surface area (Å²) < 4.78 is 1.69. The van der Waals surface area contributed by atoms with Crippen molar-refractivity contribution < 1.29 is 14.7 Å². The molecule has 194 valence electrons. The highest BCUT2D eigenvalue weighted by Gasteiger charge is 2.22. The molecule has 2 amide bonds. The summed E-state index contributed by atoms with van der Waals surface area (Å²) in [6.45, 7) is 10.2. The average molecular weight is 501 g/mol. The third kappa shape index (κ3) is 8.11. The lowest BCUT2D eigenvalue weighted by Crippen LogP contribution is -2.29. The Hall–Kier alpha value is -4.31. The number of benzene rings is 1. The number of hydrogen-bond donors (Lipinski definition) is 3. The molecule has 0 unspecified atom stereocenters. The molecule has 0 fully saturated rings. The Balaban J connectivity index is 0.00000235. The molecule has 1 heterocycles.